The van der Waals surface area contributed by atoms with Crippen LogP contribution < -0.4 is 0 Å². The summed E-state index contributed by atoms with van der Waals surface area (Å²) in [6, 6.07) is 0. The van der Waals surface area contributed by atoms with Gasteiger partial charge in [-0.2, -0.15) is 0 Å². The van der Waals surface area contributed by atoms with E-state index in [2.05, 4.69) is 14.7 Å². The first-order chi connectivity index (χ1) is 13.7. The molecule has 1 aliphatic carbocycles. The maximum absolute atomic E-state index is 12.9. The lowest BCUT2D eigenvalue weighted by Gasteiger charge is -2.42. The van der Waals surface area contributed by atoms with Gasteiger partial charge in [0.05, 0.1) is 6.61 Å². The second-order valence-corrected chi connectivity index (χ2v) is 10.1. The molecule has 3 heterocycles. The molecule has 1 spiro atoms. The number of hydrogen-bond acceptors (Lipinski definition) is 4. The molecule has 28 heavy (non-hydrogen) atoms. The smallest absolute Gasteiger partial charge is 0.225 e. The van der Waals surface area contributed by atoms with E-state index in [1.807, 2.05) is 0 Å². The van der Waals surface area contributed by atoms with Crippen molar-refractivity contribution in [3.63, 3.8) is 0 Å². The number of rotatable bonds is 6. The van der Waals surface area contributed by atoms with Gasteiger partial charge >= 0.3 is 0 Å². The fourth-order valence-electron chi connectivity index (χ4n) is 6.32. The molecule has 1 unspecified atom stereocenters. The zero-order chi connectivity index (χ0) is 19.4. The standard InChI is InChI=1S/C23H41N3O2/c1-28-16-15-24-12-7-20(8-13-24)17-25-14-10-23(18-25)9-4-11-26(19-23)22(27)21-5-2-3-6-21/h20-21H,2-19H2,1H3. The molecular formula is C23H41N3O2. The summed E-state index contributed by atoms with van der Waals surface area (Å²) in [5, 5.41) is 0. The van der Waals surface area contributed by atoms with Crippen molar-refractivity contribution in [3.05, 3.63) is 0 Å². The number of likely N-dealkylation sites (tertiary alicyclic amines) is 3. The molecule has 160 valence electrons. The number of methoxy groups -OCH3 is 1. The lowest BCUT2D eigenvalue weighted by Crippen LogP contribution is -2.49. The molecular weight excluding hydrogens is 350 g/mol. The molecule has 4 rings (SSSR count). The van der Waals surface area contributed by atoms with Gasteiger partial charge in [-0.1, -0.05) is 12.8 Å². The molecule has 5 heteroatoms. The lowest BCUT2D eigenvalue weighted by molar-refractivity contribution is -0.138. The maximum Gasteiger partial charge on any atom is 0.225 e. The van der Waals surface area contributed by atoms with E-state index in [9.17, 15) is 4.79 Å². The lowest BCUT2D eigenvalue weighted by atomic mass is 9.79. The van der Waals surface area contributed by atoms with E-state index >= 15 is 0 Å². The maximum atomic E-state index is 12.9. The fourth-order valence-corrected chi connectivity index (χ4v) is 6.32. The van der Waals surface area contributed by atoms with Crippen molar-refractivity contribution in [1.29, 1.82) is 0 Å². The highest BCUT2D eigenvalue weighted by Crippen LogP contribution is 2.40. The van der Waals surface area contributed by atoms with E-state index in [0.29, 0.717) is 17.2 Å². The summed E-state index contributed by atoms with van der Waals surface area (Å²) in [7, 11) is 1.80. The molecule has 0 N–H and O–H groups in total. The molecule has 4 fully saturated rings. The Morgan fingerprint density at radius 2 is 1.71 bits per heavy atom. The van der Waals surface area contributed by atoms with Crippen LogP contribution in [0.5, 0.6) is 0 Å². The molecule has 0 aromatic carbocycles. The highest BCUT2D eigenvalue weighted by Gasteiger charge is 2.43. The van der Waals surface area contributed by atoms with Gasteiger partial charge in [-0.25, -0.2) is 0 Å². The number of amides is 1. The summed E-state index contributed by atoms with van der Waals surface area (Å²) in [5.41, 5.74) is 0.395. The van der Waals surface area contributed by atoms with Crippen molar-refractivity contribution >= 4 is 5.91 Å². The Hall–Kier alpha value is -0.650. The SMILES string of the molecule is COCCN1CCC(CN2CCC3(CCCN(C(=O)C4CCCC4)C3)C2)CC1. The van der Waals surface area contributed by atoms with Gasteiger partial charge in [0.2, 0.25) is 5.91 Å². The van der Waals surface area contributed by atoms with E-state index in [4.69, 9.17) is 4.74 Å². The van der Waals surface area contributed by atoms with Crippen LogP contribution in [0.2, 0.25) is 0 Å². The minimum atomic E-state index is 0.343. The predicted octanol–water partition coefficient (Wildman–Crippen LogP) is 2.85. The summed E-state index contributed by atoms with van der Waals surface area (Å²) in [6.45, 7) is 10.2. The van der Waals surface area contributed by atoms with Crippen molar-refractivity contribution in [2.24, 2.45) is 17.3 Å². The van der Waals surface area contributed by atoms with Crippen LogP contribution in [-0.4, -0.2) is 86.7 Å². The normalized spacial score (nSPS) is 31.2. The summed E-state index contributed by atoms with van der Waals surface area (Å²) in [4.78, 5) is 20.5. The van der Waals surface area contributed by atoms with E-state index in [1.54, 1.807) is 7.11 Å². The monoisotopic (exact) mass is 391 g/mol. The Bertz CT molecular complexity index is 514. The molecule has 3 aliphatic heterocycles. The second-order valence-electron chi connectivity index (χ2n) is 10.1. The molecule has 0 aromatic rings. The average Bonchev–Trinajstić information content (AvgIpc) is 3.38. The third-order valence-corrected chi connectivity index (χ3v) is 8.03. The van der Waals surface area contributed by atoms with Gasteiger partial charge in [-0.3, -0.25) is 4.79 Å². The van der Waals surface area contributed by atoms with Crippen LogP contribution in [-0.2, 0) is 9.53 Å². The van der Waals surface area contributed by atoms with E-state index in [-0.39, 0.29) is 0 Å². The molecule has 3 saturated heterocycles. The highest BCUT2D eigenvalue weighted by atomic mass is 16.5. The van der Waals surface area contributed by atoms with Crippen LogP contribution >= 0.6 is 0 Å². The largest absolute Gasteiger partial charge is 0.383 e. The number of carbonyl (C=O) groups is 1. The van der Waals surface area contributed by atoms with Crippen molar-refractivity contribution in [3.8, 4) is 0 Å². The first kappa shape index (κ1) is 20.6. The molecule has 0 radical (unpaired) electrons. The summed E-state index contributed by atoms with van der Waals surface area (Å²) >= 11 is 0. The van der Waals surface area contributed by atoms with Crippen molar-refractivity contribution in [2.45, 2.75) is 57.8 Å². The Labute approximate surface area is 171 Å². The summed E-state index contributed by atoms with van der Waals surface area (Å²) < 4.78 is 5.22. The van der Waals surface area contributed by atoms with Crippen LogP contribution in [0.1, 0.15) is 57.8 Å². The molecule has 4 aliphatic rings. The number of piperidine rings is 2. The van der Waals surface area contributed by atoms with Gasteiger partial charge < -0.3 is 19.4 Å². The molecule has 0 bridgehead atoms. The van der Waals surface area contributed by atoms with Crippen LogP contribution in [0.4, 0.5) is 0 Å². The van der Waals surface area contributed by atoms with Gasteiger partial charge in [0.25, 0.3) is 0 Å². The zero-order valence-electron chi connectivity index (χ0n) is 18.0. The van der Waals surface area contributed by atoms with Crippen molar-refractivity contribution in [2.75, 3.05) is 66.1 Å². The average molecular weight is 392 g/mol. The molecule has 5 nitrogen and oxygen atoms in total. The second kappa shape index (κ2) is 9.44. The number of hydrogen-bond donors (Lipinski definition) is 0. The summed E-state index contributed by atoms with van der Waals surface area (Å²) in [5.74, 6) is 1.68. The predicted molar refractivity (Wildman–Crippen MR) is 112 cm³/mol. The Kier molecular flexibility index (Phi) is 6.95. The minimum Gasteiger partial charge on any atom is -0.383 e. The van der Waals surface area contributed by atoms with Crippen LogP contribution in [0.25, 0.3) is 0 Å². The van der Waals surface area contributed by atoms with Crippen LogP contribution in [0.3, 0.4) is 0 Å². The Morgan fingerprint density at radius 3 is 2.46 bits per heavy atom. The van der Waals surface area contributed by atoms with Crippen LogP contribution in [0.15, 0.2) is 0 Å². The quantitative estimate of drug-likeness (QED) is 0.698. The minimum absolute atomic E-state index is 0.343. The van der Waals surface area contributed by atoms with Gasteiger partial charge in [-0.05, 0) is 70.5 Å². The van der Waals surface area contributed by atoms with Crippen molar-refractivity contribution in [1.82, 2.24) is 14.7 Å². The third kappa shape index (κ3) is 4.91. The topological polar surface area (TPSA) is 36.0 Å². The molecule has 0 aromatic heterocycles. The van der Waals surface area contributed by atoms with Gasteiger partial charge in [0.1, 0.15) is 0 Å². The molecule has 1 saturated carbocycles. The number of nitrogens with zero attached hydrogens (tertiary/aromatic N) is 3. The van der Waals surface area contributed by atoms with E-state index < -0.39 is 0 Å². The summed E-state index contributed by atoms with van der Waals surface area (Å²) in [6.07, 6.45) is 11.3. The first-order valence-corrected chi connectivity index (χ1v) is 11.9. The highest BCUT2D eigenvalue weighted by molar-refractivity contribution is 5.79. The first-order valence-electron chi connectivity index (χ1n) is 11.9. The zero-order valence-corrected chi connectivity index (χ0v) is 18.0. The Morgan fingerprint density at radius 1 is 0.929 bits per heavy atom. The van der Waals surface area contributed by atoms with E-state index in [0.717, 1.165) is 45.0 Å². The Balaban J connectivity index is 1.23. The van der Waals surface area contributed by atoms with Gasteiger partial charge in [0.15, 0.2) is 0 Å². The third-order valence-electron chi connectivity index (χ3n) is 8.03. The molecule has 1 atom stereocenters. The molecule has 1 amide bonds. The van der Waals surface area contributed by atoms with E-state index in [1.165, 1.54) is 77.7 Å². The van der Waals surface area contributed by atoms with Crippen molar-refractivity contribution < 1.29 is 9.53 Å². The van der Waals surface area contributed by atoms with Crippen LogP contribution in [0, 0.1) is 17.3 Å². The van der Waals surface area contributed by atoms with Gasteiger partial charge in [-0.15, -0.1) is 0 Å². The van der Waals surface area contributed by atoms with Gasteiger partial charge in [0, 0.05) is 51.2 Å². The number of ether oxygens (including phenoxy) is 1. The number of carbonyl (C=O) groups excluding carboxylic acids is 1. The fraction of sp³-hybridized carbons (Fsp3) is 0.957.